The molecule has 0 saturated heterocycles. The molecule has 0 spiro atoms. The van der Waals surface area contributed by atoms with Gasteiger partial charge in [-0.25, -0.2) is 0 Å². The number of hydrogen-bond donors (Lipinski definition) is 1. The zero-order chi connectivity index (χ0) is 10.3. The normalized spacial score (nSPS) is 17.9. The molecule has 1 amide bonds. The third kappa shape index (κ3) is 1.41. The molecule has 1 aliphatic rings. The third-order valence-electron chi connectivity index (χ3n) is 3.19. The van der Waals surface area contributed by atoms with Crippen LogP contribution in [0.3, 0.4) is 0 Å². The van der Waals surface area contributed by atoms with Gasteiger partial charge >= 0.3 is 0 Å². The summed E-state index contributed by atoms with van der Waals surface area (Å²) in [6.07, 6.45) is 2.50. The molecule has 14 heavy (non-hydrogen) atoms. The predicted molar refractivity (Wildman–Crippen MR) is 56.3 cm³/mol. The Morgan fingerprint density at radius 1 is 1.43 bits per heavy atom. The molecule has 0 aliphatic heterocycles. The van der Waals surface area contributed by atoms with E-state index in [1.165, 1.54) is 18.4 Å². The topological polar surface area (TPSA) is 43.1 Å². The fourth-order valence-corrected chi connectivity index (χ4v) is 1.79. The van der Waals surface area contributed by atoms with Gasteiger partial charge in [0.25, 0.3) is 0 Å². The molecule has 0 atom stereocenters. The lowest BCUT2D eigenvalue weighted by Gasteiger charge is -2.11. The van der Waals surface area contributed by atoms with Crippen molar-refractivity contribution >= 4 is 5.91 Å². The minimum absolute atomic E-state index is 0.338. The summed E-state index contributed by atoms with van der Waals surface area (Å²) in [7, 11) is 0. The number of carbonyl (C=O) groups excluding carboxylic acids is 1. The van der Waals surface area contributed by atoms with Crippen LogP contribution in [0.2, 0.25) is 0 Å². The van der Waals surface area contributed by atoms with Gasteiger partial charge in [-0.15, -0.1) is 0 Å². The molecule has 2 heteroatoms. The second-order valence-electron chi connectivity index (χ2n) is 4.45. The first kappa shape index (κ1) is 9.25. The van der Waals surface area contributed by atoms with E-state index in [1.807, 2.05) is 19.1 Å². The number of aryl methyl sites for hydroxylation is 1. The van der Waals surface area contributed by atoms with Crippen molar-refractivity contribution in [3.63, 3.8) is 0 Å². The van der Waals surface area contributed by atoms with Gasteiger partial charge in [0, 0.05) is 5.56 Å². The SMILES string of the molecule is Cc1cc(C2(C)CC2)ccc1C(N)=O. The highest BCUT2D eigenvalue weighted by molar-refractivity contribution is 5.94. The van der Waals surface area contributed by atoms with Crippen LogP contribution in [-0.2, 0) is 5.41 Å². The molecule has 1 saturated carbocycles. The molecular formula is C12H15NO. The third-order valence-corrected chi connectivity index (χ3v) is 3.19. The zero-order valence-corrected chi connectivity index (χ0v) is 8.63. The van der Waals surface area contributed by atoms with Gasteiger partial charge in [-0.3, -0.25) is 4.79 Å². The average Bonchev–Trinajstić information content (AvgIpc) is 2.84. The summed E-state index contributed by atoms with van der Waals surface area (Å²) in [6, 6.07) is 5.96. The van der Waals surface area contributed by atoms with E-state index in [0.717, 1.165) is 5.56 Å². The summed E-state index contributed by atoms with van der Waals surface area (Å²) in [5.74, 6) is -0.338. The molecule has 0 unspecified atom stereocenters. The molecule has 1 fully saturated rings. The van der Waals surface area contributed by atoms with Crippen LogP contribution >= 0.6 is 0 Å². The van der Waals surface area contributed by atoms with Crippen molar-refractivity contribution in [1.82, 2.24) is 0 Å². The molecule has 2 N–H and O–H groups in total. The monoisotopic (exact) mass is 189 g/mol. The maximum absolute atomic E-state index is 11.0. The number of benzene rings is 1. The first-order chi connectivity index (χ1) is 6.53. The van der Waals surface area contributed by atoms with E-state index in [0.29, 0.717) is 11.0 Å². The van der Waals surface area contributed by atoms with E-state index in [9.17, 15) is 4.79 Å². The highest BCUT2D eigenvalue weighted by Gasteiger charge is 2.39. The average molecular weight is 189 g/mol. The predicted octanol–water partition coefficient (Wildman–Crippen LogP) is 2.15. The second-order valence-corrected chi connectivity index (χ2v) is 4.45. The summed E-state index contributed by atoms with van der Waals surface area (Å²) in [5.41, 5.74) is 8.57. The molecule has 0 heterocycles. The van der Waals surface area contributed by atoms with Crippen LogP contribution in [0.1, 0.15) is 41.3 Å². The van der Waals surface area contributed by atoms with Crippen molar-refractivity contribution in [2.75, 3.05) is 0 Å². The van der Waals surface area contributed by atoms with Crippen molar-refractivity contribution in [3.05, 3.63) is 34.9 Å². The Hall–Kier alpha value is -1.31. The van der Waals surface area contributed by atoms with Crippen molar-refractivity contribution in [1.29, 1.82) is 0 Å². The fraction of sp³-hybridized carbons (Fsp3) is 0.417. The number of nitrogens with two attached hydrogens (primary N) is 1. The van der Waals surface area contributed by atoms with Gasteiger partial charge in [-0.1, -0.05) is 19.1 Å². The van der Waals surface area contributed by atoms with Gasteiger partial charge in [0.05, 0.1) is 0 Å². The summed E-state index contributed by atoms with van der Waals surface area (Å²) >= 11 is 0. The lowest BCUT2D eigenvalue weighted by atomic mass is 9.94. The highest BCUT2D eigenvalue weighted by Crippen LogP contribution is 2.47. The van der Waals surface area contributed by atoms with Crippen LogP contribution in [0.15, 0.2) is 18.2 Å². The number of rotatable bonds is 2. The maximum Gasteiger partial charge on any atom is 0.248 e. The number of hydrogen-bond acceptors (Lipinski definition) is 1. The Morgan fingerprint density at radius 3 is 2.50 bits per heavy atom. The van der Waals surface area contributed by atoms with E-state index < -0.39 is 0 Å². The Labute approximate surface area is 84.1 Å². The van der Waals surface area contributed by atoms with E-state index in [2.05, 4.69) is 13.0 Å². The fourth-order valence-electron chi connectivity index (χ4n) is 1.79. The maximum atomic E-state index is 11.0. The van der Waals surface area contributed by atoms with Crippen LogP contribution < -0.4 is 5.73 Å². The van der Waals surface area contributed by atoms with Crippen LogP contribution in [0.4, 0.5) is 0 Å². The number of amides is 1. The Bertz CT molecular complexity index is 391. The van der Waals surface area contributed by atoms with Crippen molar-refractivity contribution in [3.8, 4) is 0 Å². The zero-order valence-electron chi connectivity index (χ0n) is 8.63. The van der Waals surface area contributed by atoms with Gasteiger partial charge in [0.1, 0.15) is 0 Å². The summed E-state index contributed by atoms with van der Waals surface area (Å²) in [6.45, 7) is 4.20. The Kier molecular flexibility index (Phi) is 1.88. The summed E-state index contributed by atoms with van der Waals surface area (Å²) in [5, 5.41) is 0. The van der Waals surface area contributed by atoms with Gasteiger partial charge in [0.15, 0.2) is 0 Å². The molecule has 1 aromatic carbocycles. The van der Waals surface area contributed by atoms with Crippen LogP contribution in [0.25, 0.3) is 0 Å². The van der Waals surface area contributed by atoms with Crippen molar-refractivity contribution in [2.45, 2.75) is 32.1 Å². The standard InChI is InChI=1S/C12H15NO/c1-8-7-9(12(2)5-6-12)3-4-10(8)11(13)14/h3-4,7H,5-6H2,1-2H3,(H2,13,14). The van der Waals surface area contributed by atoms with Crippen LogP contribution in [0.5, 0.6) is 0 Å². The van der Waals surface area contributed by atoms with Gasteiger partial charge in [0.2, 0.25) is 5.91 Å². The highest BCUT2D eigenvalue weighted by atomic mass is 16.1. The van der Waals surface area contributed by atoms with E-state index in [-0.39, 0.29) is 5.91 Å². The first-order valence-electron chi connectivity index (χ1n) is 4.94. The van der Waals surface area contributed by atoms with E-state index in [1.54, 1.807) is 0 Å². The molecule has 1 aromatic rings. The minimum atomic E-state index is -0.338. The lowest BCUT2D eigenvalue weighted by Crippen LogP contribution is -2.13. The van der Waals surface area contributed by atoms with Crippen LogP contribution in [-0.4, -0.2) is 5.91 Å². The van der Waals surface area contributed by atoms with Crippen molar-refractivity contribution in [2.24, 2.45) is 5.73 Å². The molecular weight excluding hydrogens is 174 g/mol. The Morgan fingerprint density at radius 2 is 2.07 bits per heavy atom. The van der Waals surface area contributed by atoms with Gasteiger partial charge in [-0.2, -0.15) is 0 Å². The van der Waals surface area contributed by atoms with Gasteiger partial charge < -0.3 is 5.73 Å². The number of primary amides is 1. The minimum Gasteiger partial charge on any atom is -0.366 e. The summed E-state index contributed by atoms with van der Waals surface area (Å²) < 4.78 is 0. The summed E-state index contributed by atoms with van der Waals surface area (Å²) in [4.78, 5) is 11.0. The van der Waals surface area contributed by atoms with Crippen LogP contribution in [0, 0.1) is 6.92 Å². The lowest BCUT2D eigenvalue weighted by molar-refractivity contribution is 0.0999. The number of carbonyl (C=O) groups is 1. The molecule has 74 valence electrons. The molecule has 2 rings (SSSR count). The smallest absolute Gasteiger partial charge is 0.248 e. The van der Waals surface area contributed by atoms with E-state index in [4.69, 9.17) is 5.73 Å². The van der Waals surface area contributed by atoms with Crippen molar-refractivity contribution < 1.29 is 4.79 Å². The molecule has 2 nitrogen and oxygen atoms in total. The molecule has 0 radical (unpaired) electrons. The van der Waals surface area contributed by atoms with Gasteiger partial charge in [-0.05, 0) is 42.4 Å². The second kappa shape index (κ2) is 2.84. The molecule has 0 aromatic heterocycles. The largest absolute Gasteiger partial charge is 0.366 e. The first-order valence-corrected chi connectivity index (χ1v) is 4.94. The Balaban J connectivity index is 2.40. The quantitative estimate of drug-likeness (QED) is 0.761. The van der Waals surface area contributed by atoms with E-state index >= 15 is 0 Å². The molecule has 0 bridgehead atoms. The molecule has 1 aliphatic carbocycles.